The first kappa shape index (κ1) is 24.9. The Morgan fingerprint density at radius 1 is 0.949 bits per heavy atom. The summed E-state index contributed by atoms with van der Waals surface area (Å²) < 4.78 is 9.57. The van der Waals surface area contributed by atoms with Crippen LogP contribution in [0, 0.1) is 6.92 Å². The van der Waals surface area contributed by atoms with Crippen molar-refractivity contribution >= 4 is 50.9 Å². The molecule has 3 aromatic heterocycles. The number of hydrogen-bond acceptors (Lipinski definition) is 7. The van der Waals surface area contributed by atoms with Gasteiger partial charge in [-0.2, -0.15) is 4.52 Å². The standard InChI is InChI=1S/C29H27N7O2S/c1-3-38-25-15-9-7-13-23(25)31-27(37)18-39-29-32-21-11-5-4-10-20(21)28-33-26(34-36(28)29)16-17-35-19(2)30-22-12-6-8-14-24(22)35/h4-15H,3,16-18H2,1-2H3,(H,31,37). The van der Waals surface area contributed by atoms with Crippen molar-refractivity contribution in [2.45, 2.75) is 32.0 Å². The Morgan fingerprint density at radius 2 is 1.72 bits per heavy atom. The lowest BCUT2D eigenvalue weighted by atomic mass is 10.2. The predicted molar refractivity (Wildman–Crippen MR) is 153 cm³/mol. The maximum absolute atomic E-state index is 12.9. The Labute approximate surface area is 229 Å². The van der Waals surface area contributed by atoms with Crippen LogP contribution in [0.15, 0.2) is 78.0 Å². The lowest BCUT2D eigenvalue weighted by Gasteiger charge is -2.11. The van der Waals surface area contributed by atoms with Gasteiger partial charge in [0, 0.05) is 18.4 Å². The van der Waals surface area contributed by atoms with E-state index in [4.69, 9.17) is 19.8 Å². The number of nitrogens with zero attached hydrogens (tertiary/aromatic N) is 6. The van der Waals surface area contributed by atoms with Gasteiger partial charge in [0.15, 0.2) is 16.6 Å². The summed E-state index contributed by atoms with van der Waals surface area (Å²) in [4.78, 5) is 27.2. The summed E-state index contributed by atoms with van der Waals surface area (Å²) in [6.45, 7) is 5.15. The van der Waals surface area contributed by atoms with Crippen LogP contribution in [0.25, 0.3) is 27.6 Å². The summed E-state index contributed by atoms with van der Waals surface area (Å²) in [7, 11) is 0. The van der Waals surface area contributed by atoms with Crippen LogP contribution >= 0.6 is 11.8 Å². The number of thioether (sulfide) groups is 1. The van der Waals surface area contributed by atoms with E-state index in [-0.39, 0.29) is 11.7 Å². The van der Waals surface area contributed by atoms with E-state index in [1.54, 1.807) is 4.52 Å². The van der Waals surface area contributed by atoms with Gasteiger partial charge in [0.05, 0.1) is 34.6 Å². The summed E-state index contributed by atoms with van der Waals surface area (Å²) >= 11 is 1.33. The van der Waals surface area contributed by atoms with Crippen LogP contribution in [-0.4, -0.2) is 47.4 Å². The molecule has 0 aliphatic rings. The van der Waals surface area contributed by atoms with Gasteiger partial charge in [0.1, 0.15) is 11.6 Å². The van der Waals surface area contributed by atoms with Crippen LogP contribution in [0.4, 0.5) is 5.69 Å². The molecule has 1 amide bonds. The first-order chi connectivity index (χ1) is 19.1. The molecule has 0 saturated heterocycles. The van der Waals surface area contributed by atoms with Gasteiger partial charge in [-0.05, 0) is 50.2 Å². The highest BCUT2D eigenvalue weighted by Gasteiger charge is 2.16. The van der Waals surface area contributed by atoms with Crippen molar-refractivity contribution in [2.75, 3.05) is 17.7 Å². The second kappa shape index (κ2) is 10.7. The highest BCUT2D eigenvalue weighted by Crippen LogP contribution is 2.26. The fraction of sp³-hybridized carbons (Fsp3) is 0.207. The number of aromatic nitrogens is 6. The van der Waals surface area contributed by atoms with Gasteiger partial charge in [-0.3, -0.25) is 4.79 Å². The van der Waals surface area contributed by atoms with Crippen LogP contribution in [-0.2, 0) is 17.8 Å². The number of fused-ring (bicyclic) bond motifs is 4. The molecular weight excluding hydrogens is 510 g/mol. The number of rotatable bonds is 9. The highest BCUT2D eigenvalue weighted by atomic mass is 32.2. The third kappa shape index (κ3) is 5.03. The van der Waals surface area contributed by atoms with Gasteiger partial charge in [0.2, 0.25) is 5.91 Å². The molecule has 39 heavy (non-hydrogen) atoms. The van der Waals surface area contributed by atoms with Crippen molar-refractivity contribution in [1.82, 2.24) is 29.1 Å². The lowest BCUT2D eigenvalue weighted by molar-refractivity contribution is -0.113. The zero-order chi connectivity index (χ0) is 26.8. The molecule has 0 atom stereocenters. The van der Waals surface area contributed by atoms with E-state index in [1.165, 1.54) is 11.8 Å². The molecule has 9 nitrogen and oxygen atoms in total. The number of carbonyl (C=O) groups is 1. The van der Waals surface area contributed by atoms with Crippen molar-refractivity contribution in [3.63, 3.8) is 0 Å². The second-order valence-electron chi connectivity index (χ2n) is 8.99. The van der Waals surface area contributed by atoms with Gasteiger partial charge in [-0.25, -0.2) is 15.0 Å². The summed E-state index contributed by atoms with van der Waals surface area (Å²) in [5.74, 6) is 2.32. The SMILES string of the molecule is CCOc1ccccc1NC(=O)CSc1nc2ccccc2c2nc(CCn3c(C)nc4ccccc43)nn12. The van der Waals surface area contributed by atoms with E-state index in [0.717, 1.165) is 33.4 Å². The Hall–Kier alpha value is -4.44. The topological polar surface area (TPSA) is 99.2 Å². The molecule has 10 heteroatoms. The number of ether oxygens (including phenoxy) is 1. The largest absolute Gasteiger partial charge is 0.492 e. The summed E-state index contributed by atoms with van der Waals surface area (Å²) in [5.41, 5.74) is 4.26. The number of amides is 1. The first-order valence-electron chi connectivity index (χ1n) is 12.8. The number of nitrogens with one attached hydrogen (secondary N) is 1. The fourth-order valence-corrected chi connectivity index (χ4v) is 5.37. The molecule has 6 rings (SSSR count). The maximum Gasteiger partial charge on any atom is 0.234 e. The van der Waals surface area contributed by atoms with Gasteiger partial charge in [-0.1, -0.05) is 48.2 Å². The lowest BCUT2D eigenvalue weighted by Crippen LogP contribution is -2.15. The van der Waals surface area contributed by atoms with E-state index in [2.05, 4.69) is 20.9 Å². The van der Waals surface area contributed by atoms with E-state index in [9.17, 15) is 4.79 Å². The van der Waals surface area contributed by atoms with Crippen LogP contribution in [0.1, 0.15) is 18.6 Å². The Kier molecular flexibility index (Phi) is 6.85. The minimum Gasteiger partial charge on any atom is -0.492 e. The van der Waals surface area contributed by atoms with E-state index >= 15 is 0 Å². The number of hydrogen-bond donors (Lipinski definition) is 1. The van der Waals surface area contributed by atoms with Crippen molar-refractivity contribution in [3.05, 3.63) is 84.4 Å². The van der Waals surface area contributed by atoms with Crippen LogP contribution < -0.4 is 10.1 Å². The molecule has 0 bridgehead atoms. The summed E-state index contributed by atoms with van der Waals surface area (Å²) in [6, 6.07) is 23.4. The number of aryl methyl sites for hydroxylation is 3. The average molecular weight is 538 g/mol. The molecule has 196 valence electrons. The van der Waals surface area contributed by atoms with Gasteiger partial charge in [-0.15, -0.1) is 5.10 Å². The third-order valence-electron chi connectivity index (χ3n) is 6.39. The van der Waals surface area contributed by atoms with Crippen molar-refractivity contribution in [1.29, 1.82) is 0 Å². The van der Waals surface area contributed by atoms with E-state index in [0.29, 0.717) is 42.0 Å². The molecule has 0 fully saturated rings. The molecule has 0 radical (unpaired) electrons. The Balaban J connectivity index is 1.26. The smallest absolute Gasteiger partial charge is 0.234 e. The van der Waals surface area contributed by atoms with Gasteiger partial charge < -0.3 is 14.6 Å². The molecule has 0 saturated carbocycles. The molecule has 6 aromatic rings. The van der Waals surface area contributed by atoms with Crippen molar-refractivity contribution < 1.29 is 9.53 Å². The van der Waals surface area contributed by atoms with Crippen molar-refractivity contribution in [2.24, 2.45) is 0 Å². The first-order valence-corrected chi connectivity index (χ1v) is 13.8. The minimum atomic E-state index is -0.155. The molecule has 0 aliphatic carbocycles. The monoisotopic (exact) mass is 537 g/mol. The van der Waals surface area contributed by atoms with E-state index in [1.807, 2.05) is 80.6 Å². The number of imidazole rings is 1. The average Bonchev–Trinajstić information content (AvgIpc) is 3.52. The quantitative estimate of drug-likeness (QED) is 0.197. The van der Waals surface area contributed by atoms with Gasteiger partial charge >= 0.3 is 0 Å². The number of carbonyl (C=O) groups excluding carboxylic acids is 1. The molecule has 1 N–H and O–H groups in total. The van der Waals surface area contributed by atoms with Crippen LogP contribution in [0.2, 0.25) is 0 Å². The van der Waals surface area contributed by atoms with Crippen LogP contribution in [0.5, 0.6) is 5.75 Å². The Morgan fingerprint density at radius 3 is 2.59 bits per heavy atom. The molecule has 0 aliphatic heterocycles. The maximum atomic E-state index is 12.9. The molecule has 0 unspecified atom stereocenters. The molecular formula is C29H27N7O2S. The number of anilines is 1. The zero-order valence-electron chi connectivity index (χ0n) is 21.7. The normalized spacial score (nSPS) is 11.4. The number of benzene rings is 3. The van der Waals surface area contributed by atoms with E-state index < -0.39 is 0 Å². The third-order valence-corrected chi connectivity index (χ3v) is 7.32. The number of para-hydroxylation sites is 5. The Bertz CT molecular complexity index is 1810. The van der Waals surface area contributed by atoms with Crippen molar-refractivity contribution in [3.8, 4) is 5.75 Å². The highest BCUT2D eigenvalue weighted by molar-refractivity contribution is 7.99. The van der Waals surface area contributed by atoms with Gasteiger partial charge in [0.25, 0.3) is 0 Å². The molecule has 0 spiro atoms. The molecule has 3 heterocycles. The summed E-state index contributed by atoms with van der Waals surface area (Å²) in [5, 5.41) is 9.28. The molecule has 3 aromatic carbocycles. The summed E-state index contributed by atoms with van der Waals surface area (Å²) in [6.07, 6.45) is 0.635. The minimum absolute atomic E-state index is 0.155. The zero-order valence-corrected chi connectivity index (χ0v) is 22.5. The predicted octanol–water partition coefficient (Wildman–Crippen LogP) is 5.31. The fourth-order valence-electron chi connectivity index (χ4n) is 4.63. The van der Waals surface area contributed by atoms with Crippen LogP contribution in [0.3, 0.4) is 0 Å². The second-order valence-corrected chi connectivity index (χ2v) is 9.93.